The summed E-state index contributed by atoms with van der Waals surface area (Å²) in [6.45, 7) is 5.47. The molecule has 1 N–H and O–H groups in total. The third kappa shape index (κ3) is 1.82. The second kappa shape index (κ2) is 3.89. The van der Waals surface area contributed by atoms with Gasteiger partial charge in [0.1, 0.15) is 11.5 Å². The maximum atomic E-state index is 5.41. The molecule has 88 valence electrons. The van der Waals surface area contributed by atoms with Crippen LogP contribution in [0.2, 0.25) is 0 Å². The standard InChI is InChI=1S/C13H19NO2/c1-13(2)7-9-10(15-3)5-6-11(16-4)12(9)14-8-13/h5-6,14H,7-8H2,1-4H3. The van der Waals surface area contributed by atoms with Crippen LogP contribution < -0.4 is 14.8 Å². The normalized spacial score (nSPS) is 17.2. The van der Waals surface area contributed by atoms with Crippen molar-refractivity contribution >= 4 is 5.69 Å². The van der Waals surface area contributed by atoms with Gasteiger partial charge in [0, 0.05) is 12.1 Å². The van der Waals surface area contributed by atoms with Crippen LogP contribution in [0.5, 0.6) is 11.5 Å². The Bertz CT molecular complexity index is 399. The van der Waals surface area contributed by atoms with E-state index in [9.17, 15) is 0 Å². The van der Waals surface area contributed by atoms with Crippen molar-refractivity contribution in [1.29, 1.82) is 0 Å². The third-order valence-electron chi connectivity index (χ3n) is 3.07. The molecular weight excluding hydrogens is 202 g/mol. The van der Waals surface area contributed by atoms with E-state index in [2.05, 4.69) is 19.2 Å². The lowest BCUT2D eigenvalue weighted by Gasteiger charge is -2.34. The summed E-state index contributed by atoms with van der Waals surface area (Å²) in [5.74, 6) is 1.84. The number of ether oxygens (including phenoxy) is 2. The topological polar surface area (TPSA) is 30.5 Å². The van der Waals surface area contributed by atoms with Crippen molar-refractivity contribution in [3.05, 3.63) is 17.7 Å². The van der Waals surface area contributed by atoms with Crippen LogP contribution in [0.15, 0.2) is 12.1 Å². The Hall–Kier alpha value is -1.38. The zero-order valence-electron chi connectivity index (χ0n) is 10.4. The van der Waals surface area contributed by atoms with Gasteiger partial charge in [-0.2, -0.15) is 0 Å². The van der Waals surface area contributed by atoms with Crippen LogP contribution in [-0.4, -0.2) is 20.8 Å². The lowest BCUT2D eigenvalue weighted by atomic mass is 9.81. The minimum atomic E-state index is 0.257. The molecule has 1 aromatic carbocycles. The van der Waals surface area contributed by atoms with Gasteiger partial charge < -0.3 is 14.8 Å². The summed E-state index contributed by atoms with van der Waals surface area (Å²) in [6, 6.07) is 3.92. The number of fused-ring (bicyclic) bond motifs is 1. The molecule has 3 nitrogen and oxygen atoms in total. The van der Waals surface area contributed by atoms with Gasteiger partial charge in [0.15, 0.2) is 0 Å². The van der Waals surface area contributed by atoms with Crippen LogP contribution in [0.25, 0.3) is 0 Å². The molecule has 0 aromatic heterocycles. The molecule has 1 aliphatic rings. The molecule has 0 amide bonds. The number of rotatable bonds is 2. The largest absolute Gasteiger partial charge is 0.496 e. The Labute approximate surface area is 96.8 Å². The summed E-state index contributed by atoms with van der Waals surface area (Å²) >= 11 is 0. The highest BCUT2D eigenvalue weighted by atomic mass is 16.5. The maximum Gasteiger partial charge on any atom is 0.142 e. The summed E-state index contributed by atoms with van der Waals surface area (Å²) in [5, 5.41) is 3.44. The van der Waals surface area contributed by atoms with E-state index in [0.29, 0.717) is 0 Å². The summed E-state index contributed by atoms with van der Waals surface area (Å²) < 4.78 is 10.8. The Morgan fingerprint density at radius 2 is 1.75 bits per heavy atom. The molecule has 2 rings (SSSR count). The monoisotopic (exact) mass is 221 g/mol. The summed E-state index contributed by atoms with van der Waals surface area (Å²) in [4.78, 5) is 0. The van der Waals surface area contributed by atoms with Gasteiger partial charge in [-0.1, -0.05) is 13.8 Å². The summed E-state index contributed by atoms with van der Waals surface area (Å²) in [7, 11) is 3.41. The van der Waals surface area contributed by atoms with Crippen molar-refractivity contribution in [2.45, 2.75) is 20.3 Å². The molecule has 0 saturated carbocycles. The Morgan fingerprint density at radius 3 is 2.38 bits per heavy atom. The first-order valence-electron chi connectivity index (χ1n) is 5.55. The van der Waals surface area contributed by atoms with E-state index in [1.165, 1.54) is 5.56 Å². The summed E-state index contributed by atoms with van der Waals surface area (Å²) in [6.07, 6.45) is 1.01. The Morgan fingerprint density at radius 1 is 1.12 bits per heavy atom. The number of nitrogens with one attached hydrogen (secondary N) is 1. The van der Waals surface area contributed by atoms with Gasteiger partial charge in [-0.05, 0) is 24.0 Å². The molecule has 0 atom stereocenters. The number of hydrogen-bond donors (Lipinski definition) is 1. The maximum absolute atomic E-state index is 5.41. The van der Waals surface area contributed by atoms with E-state index >= 15 is 0 Å². The smallest absolute Gasteiger partial charge is 0.142 e. The van der Waals surface area contributed by atoms with Crippen molar-refractivity contribution in [3.63, 3.8) is 0 Å². The molecule has 0 unspecified atom stereocenters. The Balaban J connectivity index is 2.50. The molecule has 1 heterocycles. The lowest BCUT2D eigenvalue weighted by molar-refractivity contribution is 0.351. The minimum Gasteiger partial charge on any atom is -0.496 e. The minimum absolute atomic E-state index is 0.257. The quantitative estimate of drug-likeness (QED) is 0.833. The third-order valence-corrected chi connectivity index (χ3v) is 3.07. The number of methoxy groups -OCH3 is 2. The van der Waals surface area contributed by atoms with Gasteiger partial charge in [-0.15, -0.1) is 0 Å². The molecule has 1 aliphatic heterocycles. The van der Waals surface area contributed by atoms with Crippen LogP contribution in [0, 0.1) is 5.41 Å². The predicted molar refractivity (Wildman–Crippen MR) is 65.5 cm³/mol. The molecule has 0 spiro atoms. The van der Waals surface area contributed by atoms with Crippen LogP contribution in [0.1, 0.15) is 19.4 Å². The highest BCUT2D eigenvalue weighted by Crippen LogP contribution is 2.42. The van der Waals surface area contributed by atoms with Gasteiger partial charge in [0.25, 0.3) is 0 Å². The highest BCUT2D eigenvalue weighted by molar-refractivity contribution is 5.68. The van der Waals surface area contributed by atoms with E-state index < -0.39 is 0 Å². The van der Waals surface area contributed by atoms with Gasteiger partial charge in [0.2, 0.25) is 0 Å². The lowest BCUT2D eigenvalue weighted by Crippen LogP contribution is -2.31. The van der Waals surface area contributed by atoms with E-state index in [0.717, 1.165) is 30.2 Å². The van der Waals surface area contributed by atoms with Gasteiger partial charge in [-0.3, -0.25) is 0 Å². The molecule has 1 aromatic rings. The van der Waals surface area contributed by atoms with E-state index in [1.807, 2.05) is 12.1 Å². The average molecular weight is 221 g/mol. The molecule has 0 saturated heterocycles. The van der Waals surface area contributed by atoms with Crippen LogP contribution in [-0.2, 0) is 6.42 Å². The second-order valence-corrected chi connectivity index (χ2v) is 5.02. The van der Waals surface area contributed by atoms with E-state index in [4.69, 9.17) is 9.47 Å². The van der Waals surface area contributed by atoms with Crippen molar-refractivity contribution in [1.82, 2.24) is 0 Å². The fourth-order valence-corrected chi connectivity index (χ4v) is 2.21. The van der Waals surface area contributed by atoms with Crippen molar-refractivity contribution < 1.29 is 9.47 Å². The first-order chi connectivity index (χ1) is 7.57. The molecule has 0 radical (unpaired) electrons. The van der Waals surface area contributed by atoms with E-state index in [1.54, 1.807) is 14.2 Å². The van der Waals surface area contributed by atoms with Crippen molar-refractivity contribution in [3.8, 4) is 11.5 Å². The van der Waals surface area contributed by atoms with Gasteiger partial charge in [-0.25, -0.2) is 0 Å². The molecule has 3 heteroatoms. The van der Waals surface area contributed by atoms with Crippen molar-refractivity contribution in [2.24, 2.45) is 5.41 Å². The first kappa shape index (κ1) is 11.1. The SMILES string of the molecule is COc1ccc(OC)c2c1CC(C)(C)CN2. The first-order valence-corrected chi connectivity index (χ1v) is 5.55. The zero-order valence-corrected chi connectivity index (χ0v) is 10.4. The molecular formula is C13H19NO2. The van der Waals surface area contributed by atoms with Gasteiger partial charge >= 0.3 is 0 Å². The van der Waals surface area contributed by atoms with Crippen LogP contribution >= 0.6 is 0 Å². The van der Waals surface area contributed by atoms with Crippen LogP contribution in [0.3, 0.4) is 0 Å². The highest BCUT2D eigenvalue weighted by Gasteiger charge is 2.29. The zero-order chi connectivity index (χ0) is 11.8. The summed E-state index contributed by atoms with van der Waals surface area (Å²) in [5.41, 5.74) is 2.56. The Kier molecular flexibility index (Phi) is 2.70. The molecule has 16 heavy (non-hydrogen) atoms. The fourth-order valence-electron chi connectivity index (χ4n) is 2.21. The molecule has 0 aliphatic carbocycles. The number of anilines is 1. The molecule has 0 bridgehead atoms. The van der Waals surface area contributed by atoms with Crippen LogP contribution in [0.4, 0.5) is 5.69 Å². The fraction of sp³-hybridized carbons (Fsp3) is 0.538. The number of hydrogen-bond acceptors (Lipinski definition) is 3. The van der Waals surface area contributed by atoms with E-state index in [-0.39, 0.29) is 5.41 Å². The second-order valence-electron chi connectivity index (χ2n) is 5.02. The average Bonchev–Trinajstić information content (AvgIpc) is 2.26. The van der Waals surface area contributed by atoms with Crippen molar-refractivity contribution in [2.75, 3.05) is 26.1 Å². The number of benzene rings is 1. The molecule has 0 fully saturated rings. The van der Waals surface area contributed by atoms with Gasteiger partial charge in [0.05, 0.1) is 19.9 Å². The predicted octanol–water partition coefficient (Wildman–Crippen LogP) is 2.70.